The highest BCUT2D eigenvalue weighted by Crippen LogP contribution is 2.22. The van der Waals surface area contributed by atoms with E-state index >= 15 is 0 Å². The Morgan fingerprint density at radius 1 is 0.714 bits per heavy atom. The van der Waals surface area contributed by atoms with Gasteiger partial charge < -0.3 is 4.32 Å². The van der Waals surface area contributed by atoms with Crippen LogP contribution in [-0.2, 0) is 0 Å². The highest BCUT2D eigenvalue weighted by Gasteiger charge is 2.32. The van der Waals surface area contributed by atoms with E-state index in [9.17, 15) is 4.32 Å². The molecule has 66 valence electrons. The van der Waals surface area contributed by atoms with Crippen LogP contribution in [-0.4, -0.2) is 6.99 Å². The van der Waals surface area contributed by atoms with Gasteiger partial charge in [0.2, 0.25) is 0 Å². The summed E-state index contributed by atoms with van der Waals surface area (Å²) in [5, 5.41) is 0. The number of hydrogen-bond donors (Lipinski definition) is 0. The lowest BCUT2D eigenvalue weighted by atomic mass is 9.62. The van der Waals surface area contributed by atoms with Crippen LogP contribution in [0.15, 0.2) is 48.5 Å². The molecule has 1 heterocycles. The van der Waals surface area contributed by atoms with Crippen molar-refractivity contribution in [1.29, 1.82) is 0 Å². The highest BCUT2D eigenvalue weighted by atomic mass is 19.1. The van der Waals surface area contributed by atoms with Crippen molar-refractivity contribution in [3.8, 4) is 11.1 Å². The third kappa shape index (κ3) is 0.883. The fourth-order valence-electron chi connectivity index (χ4n) is 2.09. The number of hydrogen-bond acceptors (Lipinski definition) is 0. The van der Waals surface area contributed by atoms with Crippen molar-refractivity contribution in [2.24, 2.45) is 0 Å². The Bertz CT molecular complexity index is 448. The minimum atomic E-state index is -0.942. The Morgan fingerprint density at radius 3 is 1.64 bits per heavy atom. The maximum Gasteiger partial charge on any atom is 0.414 e. The van der Waals surface area contributed by atoms with Crippen molar-refractivity contribution in [2.75, 3.05) is 0 Å². The van der Waals surface area contributed by atoms with Gasteiger partial charge in [-0.25, -0.2) is 0 Å². The van der Waals surface area contributed by atoms with Gasteiger partial charge in [0.25, 0.3) is 0 Å². The van der Waals surface area contributed by atoms with Crippen LogP contribution in [0.4, 0.5) is 4.32 Å². The van der Waals surface area contributed by atoms with Gasteiger partial charge in [0.05, 0.1) is 0 Å². The first-order valence-corrected chi connectivity index (χ1v) is 4.70. The summed E-state index contributed by atoms with van der Waals surface area (Å²) in [5.74, 6) is 0. The lowest BCUT2D eigenvalue weighted by molar-refractivity contribution is 0.867. The van der Waals surface area contributed by atoms with E-state index in [-0.39, 0.29) is 0 Å². The largest absolute Gasteiger partial charge is 0.414 e. The van der Waals surface area contributed by atoms with Gasteiger partial charge in [-0.05, 0) is 22.1 Å². The normalized spacial score (nSPS) is 12.5. The molecule has 0 atom stereocenters. The van der Waals surface area contributed by atoms with E-state index in [2.05, 4.69) is 0 Å². The number of fused-ring (bicyclic) bond motifs is 3. The second kappa shape index (κ2) is 2.71. The van der Waals surface area contributed by atoms with Gasteiger partial charge in [-0.3, -0.25) is 0 Å². The summed E-state index contributed by atoms with van der Waals surface area (Å²) in [6, 6.07) is 15.4. The molecule has 3 rings (SSSR count). The Kier molecular flexibility index (Phi) is 1.51. The maximum atomic E-state index is 13.9. The Labute approximate surface area is 82.5 Å². The second-order valence-electron chi connectivity index (χ2n) is 3.54. The standard InChI is InChI=1S/C12H8BF/c14-13-11-7-3-1-5-9(11)10-6-2-4-8-12(10)13/h1-8H. The fraction of sp³-hybridized carbons (Fsp3) is 0. The van der Waals surface area contributed by atoms with Crippen molar-refractivity contribution in [2.45, 2.75) is 0 Å². The van der Waals surface area contributed by atoms with Crippen molar-refractivity contribution in [3.05, 3.63) is 48.5 Å². The van der Waals surface area contributed by atoms with Gasteiger partial charge >= 0.3 is 6.99 Å². The van der Waals surface area contributed by atoms with Crippen molar-refractivity contribution in [3.63, 3.8) is 0 Å². The van der Waals surface area contributed by atoms with E-state index in [1.54, 1.807) is 0 Å². The molecule has 1 aliphatic rings. The highest BCUT2D eigenvalue weighted by molar-refractivity contribution is 6.84. The summed E-state index contributed by atoms with van der Waals surface area (Å²) < 4.78 is 13.9. The zero-order chi connectivity index (χ0) is 9.54. The molecule has 0 unspecified atom stereocenters. The molecule has 1 aliphatic heterocycles. The molecule has 2 aromatic rings. The smallest absolute Gasteiger partial charge is 0.322 e. The van der Waals surface area contributed by atoms with Gasteiger partial charge in [-0.1, -0.05) is 48.5 Å². The van der Waals surface area contributed by atoms with Crippen molar-refractivity contribution < 1.29 is 4.32 Å². The number of halogens is 1. The zero-order valence-corrected chi connectivity index (χ0v) is 7.57. The molecule has 0 radical (unpaired) electrons. The first kappa shape index (κ1) is 7.80. The Morgan fingerprint density at radius 2 is 1.14 bits per heavy atom. The van der Waals surface area contributed by atoms with E-state index in [0.29, 0.717) is 0 Å². The second-order valence-corrected chi connectivity index (χ2v) is 3.54. The van der Waals surface area contributed by atoms with Gasteiger partial charge in [-0.15, -0.1) is 0 Å². The first-order valence-electron chi connectivity index (χ1n) is 4.70. The van der Waals surface area contributed by atoms with Crippen LogP contribution >= 0.6 is 0 Å². The molecular weight excluding hydrogens is 174 g/mol. The van der Waals surface area contributed by atoms with E-state index in [1.165, 1.54) is 0 Å². The van der Waals surface area contributed by atoms with Crippen molar-refractivity contribution in [1.82, 2.24) is 0 Å². The van der Waals surface area contributed by atoms with Crippen LogP contribution in [0.2, 0.25) is 0 Å². The molecule has 14 heavy (non-hydrogen) atoms. The van der Waals surface area contributed by atoms with Gasteiger partial charge in [0.1, 0.15) is 0 Å². The SMILES string of the molecule is FB1c2ccccc2-c2ccccc21. The molecule has 0 aliphatic carbocycles. The molecule has 0 amide bonds. The third-order valence-corrected chi connectivity index (χ3v) is 2.76. The number of rotatable bonds is 0. The Balaban J connectivity index is 2.36. The van der Waals surface area contributed by atoms with Crippen LogP contribution in [0, 0.1) is 0 Å². The average molecular weight is 182 g/mol. The van der Waals surface area contributed by atoms with Crippen LogP contribution < -0.4 is 10.9 Å². The van der Waals surface area contributed by atoms with Crippen LogP contribution in [0.3, 0.4) is 0 Å². The average Bonchev–Trinajstić information content (AvgIpc) is 2.55. The fourth-order valence-corrected chi connectivity index (χ4v) is 2.09. The summed E-state index contributed by atoms with van der Waals surface area (Å²) in [6.45, 7) is -0.942. The third-order valence-electron chi connectivity index (χ3n) is 2.76. The van der Waals surface area contributed by atoms with Crippen molar-refractivity contribution >= 4 is 17.9 Å². The molecule has 0 nitrogen and oxygen atoms in total. The minimum absolute atomic E-state index is 0.800. The predicted molar refractivity (Wildman–Crippen MR) is 58.0 cm³/mol. The summed E-state index contributed by atoms with van der Waals surface area (Å²) in [4.78, 5) is 0. The van der Waals surface area contributed by atoms with E-state index in [0.717, 1.165) is 22.1 Å². The van der Waals surface area contributed by atoms with Crippen LogP contribution in [0.25, 0.3) is 11.1 Å². The predicted octanol–water partition coefficient (Wildman–Crippen LogP) is 1.74. The molecule has 2 heteroatoms. The van der Waals surface area contributed by atoms with E-state index < -0.39 is 6.99 Å². The lowest BCUT2D eigenvalue weighted by Gasteiger charge is -1.98. The zero-order valence-electron chi connectivity index (χ0n) is 7.57. The molecule has 0 aromatic heterocycles. The molecular formula is C12H8BF. The Hall–Kier alpha value is -1.57. The van der Waals surface area contributed by atoms with Gasteiger partial charge in [0, 0.05) is 0 Å². The molecule has 2 aromatic carbocycles. The van der Waals surface area contributed by atoms with E-state index in [1.807, 2.05) is 48.5 Å². The maximum absolute atomic E-state index is 13.9. The quantitative estimate of drug-likeness (QED) is 0.544. The topological polar surface area (TPSA) is 0 Å². The number of benzene rings is 2. The van der Waals surface area contributed by atoms with Crippen LogP contribution in [0.1, 0.15) is 0 Å². The summed E-state index contributed by atoms with van der Waals surface area (Å²) in [7, 11) is 0. The molecule has 0 bridgehead atoms. The van der Waals surface area contributed by atoms with Crippen LogP contribution in [0.5, 0.6) is 0 Å². The van der Waals surface area contributed by atoms with E-state index in [4.69, 9.17) is 0 Å². The molecule has 0 spiro atoms. The van der Waals surface area contributed by atoms with Gasteiger partial charge in [-0.2, -0.15) is 0 Å². The minimum Gasteiger partial charge on any atom is -0.322 e. The molecule has 0 saturated heterocycles. The molecule has 0 saturated carbocycles. The first-order chi connectivity index (χ1) is 6.88. The van der Waals surface area contributed by atoms with Gasteiger partial charge in [0.15, 0.2) is 0 Å². The molecule has 0 fully saturated rings. The summed E-state index contributed by atoms with van der Waals surface area (Å²) >= 11 is 0. The monoisotopic (exact) mass is 182 g/mol. The molecule has 0 N–H and O–H groups in total. The summed E-state index contributed by atoms with van der Waals surface area (Å²) in [5.41, 5.74) is 3.67. The lowest BCUT2D eigenvalue weighted by Crippen LogP contribution is -2.32. The summed E-state index contributed by atoms with van der Waals surface area (Å²) in [6.07, 6.45) is 0.